The van der Waals surface area contributed by atoms with E-state index in [2.05, 4.69) is 0 Å². The summed E-state index contributed by atoms with van der Waals surface area (Å²) < 4.78 is 0. The van der Waals surface area contributed by atoms with E-state index in [0.29, 0.717) is 11.4 Å². The van der Waals surface area contributed by atoms with Gasteiger partial charge in [-0.25, -0.2) is 0 Å². The molecular formula is C13H16N2OS. The third kappa shape index (κ3) is 2.64. The monoisotopic (exact) mass is 248 g/mol. The molecule has 4 heteroatoms. The number of carbonyl (C=O) groups excluding carboxylic acids is 1. The molecule has 1 amide bonds. The average molecular weight is 248 g/mol. The van der Waals surface area contributed by atoms with Gasteiger partial charge in [0, 0.05) is 18.5 Å². The van der Waals surface area contributed by atoms with E-state index in [4.69, 9.17) is 18.0 Å². The van der Waals surface area contributed by atoms with Crippen LogP contribution in [0, 0.1) is 0 Å². The minimum absolute atomic E-state index is 0.172. The SMILES string of the molecule is NC(=S)c1ccccc1N1CCCCCC1=O. The van der Waals surface area contributed by atoms with E-state index in [1.807, 2.05) is 29.2 Å². The van der Waals surface area contributed by atoms with Crippen LogP contribution in [-0.2, 0) is 4.79 Å². The molecule has 0 bridgehead atoms. The van der Waals surface area contributed by atoms with Gasteiger partial charge in [-0.2, -0.15) is 0 Å². The summed E-state index contributed by atoms with van der Waals surface area (Å²) in [5.74, 6) is 0.172. The van der Waals surface area contributed by atoms with E-state index in [-0.39, 0.29) is 5.91 Å². The van der Waals surface area contributed by atoms with Crippen LogP contribution in [0.5, 0.6) is 0 Å². The summed E-state index contributed by atoms with van der Waals surface area (Å²) in [6.07, 6.45) is 3.74. The molecule has 1 fully saturated rings. The Hall–Kier alpha value is -1.42. The highest BCUT2D eigenvalue weighted by Crippen LogP contribution is 2.24. The Morgan fingerprint density at radius 1 is 1.24 bits per heavy atom. The van der Waals surface area contributed by atoms with Crippen LogP contribution >= 0.6 is 12.2 Å². The summed E-state index contributed by atoms with van der Waals surface area (Å²) in [7, 11) is 0. The van der Waals surface area contributed by atoms with Gasteiger partial charge < -0.3 is 10.6 Å². The number of para-hydroxylation sites is 1. The number of amides is 1. The molecule has 0 aromatic heterocycles. The zero-order valence-corrected chi connectivity index (χ0v) is 10.5. The van der Waals surface area contributed by atoms with Crippen LogP contribution in [0.4, 0.5) is 5.69 Å². The number of benzene rings is 1. The molecule has 2 rings (SSSR count). The molecule has 0 atom stereocenters. The Morgan fingerprint density at radius 2 is 2.00 bits per heavy atom. The van der Waals surface area contributed by atoms with Crippen LogP contribution in [0.1, 0.15) is 31.2 Å². The van der Waals surface area contributed by atoms with E-state index >= 15 is 0 Å². The maximum atomic E-state index is 12.0. The molecule has 90 valence electrons. The van der Waals surface area contributed by atoms with Crippen molar-refractivity contribution in [3.05, 3.63) is 29.8 Å². The number of anilines is 1. The normalized spacial score (nSPS) is 16.7. The molecule has 17 heavy (non-hydrogen) atoms. The number of nitrogens with zero attached hydrogens (tertiary/aromatic N) is 1. The molecule has 0 radical (unpaired) electrons. The maximum absolute atomic E-state index is 12.0. The number of hydrogen-bond donors (Lipinski definition) is 1. The quantitative estimate of drug-likeness (QED) is 0.816. The zero-order valence-electron chi connectivity index (χ0n) is 9.69. The van der Waals surface area contributed by atoms with Gasteiger partial charge in [0.25, 0.3) is 0 Å². The van der Waals surface area contributed by atoms with Crippen LogP contribution in [-0.4, -0.2) is 17.4 Å². The predicted molar refractivity (Wildman–Crippen MR) is 73.2 cm³/mol. The second-order valence-electron chi connectivity index (χ2n) is 4.24. The van der Waals surface area contributed by atoms with Gasteiger partial charge in [-0.05, 0) is 25.0 Å². The Balaban J connectivity index is 2.37. The maximum Gasteiger partial charge on any atom is 0.226 e. The minimum Gasteiger partial charge on any atom is -0.389 e. The summed E-state index contributed by atoms with van der Waals surface area (Å²) >= 11 is 5.03. The third-order valence-corrected chi connectivity index (χ3v) is 3.25. The molecule has 1 heterocycles. The zero-order chi connectivity index (χ0) is 12.3. The second kappa shape index (κ2) is 5.27. The van der Waals surface area contributed by atoms with Crippen LogP contribution in [0.3, 0.4) is 0 Å². The van der Waals surface area contributed by atoms with Crippen molar-refractivity contribution in [3.8, 4) is 0 Å². The number of carbonyl (C=O) groups is 1. The fraction of sp³-hybridized carbons (Fsp3) is 0.385. The highest BCUT2D eigenvalue weighted by molar-refractivity contribution is 7.80. The summed E-state index contributed by atoms with van der Waals surface area (Å²) in [5.41, 5.74) is 7.34. The van der Waals surface area contributed by atoms with Gasteiger partial charge in [0.15, 0.2) is 0 Å². The average Bonchev–Trinajstić information content (AvgIpc) is 2.54. The van der Waals surface area contributed by atoms with Crippen molar-refractivity contribution in [2.45, 2.75) is 25.7 Å². The Morgan fingerprint density at radius 3 is 2.76 bits per heavy atom. The number of hydrogen-bond acceptors (Lipinski definition) is 2. The van der Waals surface area contributed by atoms with Crippen LogP contribution in [0.2, 0.25) is 0 Å². The predicted octanol–water partition coefficient (Wildman–Crippen LogP) is 2.23. The van der Waals surface area contributed by atoms with Crippen LogP contribution < -0.4 is 10.6 Å². The van der Waals surface area contributed by atoms with Gasteiger partial charge in [0.2, 0.25) is 5.91 Å². The number of nitrogens with two attached hydrogens (primary N) is 1. The summed E-state index contributed by atoms with van der Waals surface area (Å²) in [4.78, 5) is 14.2. The van der Waals surface area contributed by atoms with Crippen molar-refractivity contribution in [2.24, 2.45) is 5.73 Å². The first-order chi connectivity index (χ1) is 8.20. The van der Waals surface area contributed by atoms with E-state index in [1.54, 1.807) is 0 Å². The lowest BCUT2D eigenvalue weighted by Crippen LogP contribution is -2.32. The Kier molecular flexibility index (Phi) is 3.74. The lowest BCUT2D eigenvalue weighted by Gasteiger charge is -2.23. The molecule has 1 aromatic rings. The van der Waals surface area contributed by atoms with Crippen molar-refractivity contribution in [2.75, 3.05) is 11.4 Å². The van der Waals surface area contributed by atoms with Gasteiger partial charge in [0.1, 0.15) is 4.99 Å². The van der Waals surface area contributed by atoms with Crippen molar-refractivity contribution in [1.82, 2.24) is 0 Å². The van der Waals surface area contributed by atoms with Crippen molar-refractivity contribution in [3.63, 3.8) is 0 Å². The molecule has 0 aliphatic carbocycles. The lowest BCUT2D eigenvalue weighted by molar-refractivity contribution is -0.118. The van der Waals surface area contributed by atoms with E-state index in [1.165, 1.54) is 0 Å². The number of thiocarbonyl (C=S) groups is 1. The topological polar surface area (TPSA) is 46.3 Å². The Bertz CT molecular complexity index is 445. The molecule has 1 aliphatic heterocycles. The van der Waals surface area contributed by atoms with Gasteiger partial charge in [-0.15, -0.1) is 0 Å². The standard InChI is InChI=1S/C13H16N2OS/c14-13(17)10-6-3-4-7-11(10)15-9-5-1-2-8-12(15)16/h3-4,6-7H,1-2,5,8-9H2,(H2,14,17). The Labute approximate surface area is 107 Å². The molecule has 0 unspecified atom stereocenters. The second-order valence-corrected chi connectivity index (χ2v) is 4.68. The minimum atomic E-state index is 0.172. The summed E-state index contributed by atoms with van der Waals surface area (Å²) in [6, 6.07) is 7.59. The fourth-order valence-electron chi connectivity index (χ4n) is 2.15. The summed E-state index contributed by atoms with van der Waals surface area (Å²) in [6.45, 7) is 0.762. The van der Waals surface area contributed by atoms with Gasteiger partial charge >= 0.3 is 0 Å². The molecule has 1 aliphatic rings. The van der Waals surface area contributed by atoms with E-state index in [0.717, 1.165) is 37.1 Å². The highest BCUT2D eigenvalue weighted by atomic mass is 32.1. The third-order valence-electron chi connectivity index (χ3n) is 3.03. The summed E-state index contributed by atoms with van der Waals surface area (Å²) in [5, 5.41) is 0. The van der Waals surface area contributed by atoms with Gasteiger partial charge in [0.05, 0.1) is 5.69 Å². The van der Waals surface area contributed by atoms with Crippen molar-refractivity contribution >= 4 is 28.8 Å². The smallest absolute Gasteiger partial charge is 0.226 e. The van der Waals surface area contributed by atoms with Crippen molar-refractivity contribution < 1.29 is 4.79 Å². The molecule has 0 spiro atoms. The number of rotatable bonds is 2. The molecule has 3 nitrogen and oxygen atoms in total. The molecule has 1 saturated heterocycles. The van der Waals surface area contributed by atoms with Gasteiger partial charge in [-0.1, -0.05) is 30.8 Å². The largest absolute Gasteiger partial charge is 0.389 e. The molecule has 1 aromatic carbocycles. The van der Waals surface area contributed by atoms with E-state index in [9.17, 15) is 4.79 Å². The fourth-order valence-corrected chi connectivity index (χ4v) is 2.33. The van der Waals surface area contributed by atoms with Crippen LogP contribution in [0.25, 0.3) is 0 Å². The van der Waals surface area contributed by atoms with Crippen LogP contribution in [0.15, 0.2) is 24.3 Å². The van der Waals surface area contributed by atoms with Gasteiger partial charge in [-0.3, -0.25) is 4.79 Å². The van der Waals surface area contributed by atoms with Crippen molar-refractivity contribution in [1.29, 1.82) is 0 Å². The first-order valence-corrected chi connectivity index (χ1v) is 6.30. The molecule has 0 saturated carbocycles. The lowest BCUT2D eigenvalue weighted by atomic mass is 10.1. The first-order valence-electron chi connectivity index (χ1n) is 5.89. The molecule has 2 N–H and O–H groups in total. The highest BCUT2D eigenvalue weighted by Gasteiger charge is 2.20. The first kappa shape index (κ1) is 12.0. The molecular weight excluding hydrogens is 232 g/mol. The van der Waals surface area contributed by atoms with E-state index < -0.39 is 0 Å².